The molecule has 4 rings (SSSR count). The fourth-order valence-corrected chi connectivity index (χ4v) is 7.45. The largest absolute Gasteiger partial charge is 0.390 e. The van der Waals surface area contributed by atoms with Gasteiger partial charge in [0.25, 0.3) is 0 Å². The first-order valence-corrected chi connectivity index (χ1v) is 10.6. The molecule has 6 heteroatoms. The van der Waals surface area contributed by atoms with Crippen LogP contribution in [0.4, 0.5) is 4.39 Å². The first kappa shape index (κ1) is 20.2. The second-order valence-electron chi connectivity index (χ2n) is 9.72. The van der Waals surface area contributed by atoms with Crippen molar-refractivity contribution in [3.8, 4) is 0 Å². The van der Waals surface area contributed by atoms with Crippen molar-refractivity contribution in [3.05, 3.63) is 23.8 Å². The Morgan fingerprint density at radius 3 is 2.68 bits per heavy atom. The van der Waals surface area contributed by atoms with Crippen LogP contribution in [0.2, 0.25) is 0 Å². The van der Waals surface area contributed by atoms with E-state index < -0.39 is 39.9 Å². The summed E-state index contributed by atoms with van der Waals surface area (Å²) in [4.78, 5) is 24.5. The predicted octanol–water partition coefficient (Wildman–Crippen LogP) is 3.14. The summed E-state index contributed by atoms with van der Waals surface area (Å²) in [7, 11) is 0. The van der Waals surface area contributed by atoms with E-state index in [1.165, 1.54) is 12.2 Å². The van der Waals surface area contributed by atoms with Crippen LogP contribution in [0, 0.1) is 28.6 Å². The number of carbonyl (C=O) groups is 2. The van der Waals surface area contributed by atoms with Gasteiger partial charge in [-0.15, -0.1) is 11.6 Å². The van der Waals surface area contributed by atoms with Gasteiger partial charge in [0, 0.05) is 16.7 Å². The number of fused-ring (bicyclic) bond motifs is 5. The Balaban J connectivity index is 1.84. The van der Waals surface area contributed by atoms with Gasteiger partial charge in [0.15, 0.2) is 17.2 Å². The van der Waals surface area contributed by atoms with Crippen molar-refractivity contribution in [2.45, 2.75) is 63.8 Å². The first-order chi connectivity index (χ1) is 13.0. The molecule has 0 amide bonds. The lowest BCUT2D eigenvalue weighted by molar-refractivity contribution is -0.218. The second-order valence-corrected chi connectivity index (χ2v) is 9.99. The van der Waals surface area contributed by atoms with Crippen LogP contribution in [0.5, 0.6) is 0 Å². The quantitative estimate of drug-likeness (QED) is 0.686. The molecule has 3 fully saturated rings. The molecule has 0 saturated heterocycles. The van der Waals surface area contributed by atoms with E-state index in [-0.39, 0.29) is 29.9 Å². The molecule has 0 aromatic carbocycles. The maximum absolute atomic E-state index is 16.9. The van der Waals surface area contributed by atoms with Gasteiger partial charge in [-0.1, -0.05) is 25.5 Å². The molecule has 28 heavy (non-hydrogen) atoms. The third-order valence-corrected chi connectivity index (χ3v) is 9.01. The minimum Gasteiger partial charge on any atom is -0.390 e. The number of aliphatic hydroxyl groups excluding tert-OH is 1. The number of hydrogen-bond donors (Lipinski definition) is 2. The summed E-state index contributed by atoms with van der Waals surface area (Å²) in [5, 5.41) is 22.6. The van der Waals surface area contributed by atoms with Gasteiger partial charge in [-0.2, -0.15) is 0 Å². The molecule has 0 aliphatic heterocycles. The number of carbonyl (C=O) groups excluding carboxylic acids is 2. The highest BCUT2D eigenvalue weighted by Gasteiger charge is 2.75. The minimum absolute atomic E-state index is 0.0151. The lowest BCUT2D eigenvalue weighted by Crippen LogP contribution is -2.69. The van der Waals surface area contributed by atoms with Crippen LogP contribution in [0.1, 0.15) is 46.5 Å². The smallest absolute Gasteiger partial charge is 0.179 e. The second kappa shape index (κ2) is 5.99. The Labute approximate surface area is 169 Å². The molecule has 0 heterocycles. The monoisotopic (exact) mass is 410 g/mol. The molecule has 154 valence electrons. The predicted molar refractivity (Wildman–Crippen MR) is 104 cm³/mol. The van der Waals surface area contributed by atoms with Crippen molar-refractivity contribution >= 4 is 23.2 Å². The number of hydrogen-bond acceptors (Lipinski definition) is 4. The maximum Gasteiger partial charge on any atom is 0.179 e. The molecule has 2 unspecified atom stereocenters. The number of Topliss-reactive ketones (excluding diaryl/α,β-unsaturated/α-hetero) is 1. The Morgan fingerprint density at radius 1 is 1.36 bits per heavy atom. The normalized spacial score (nSPS) is 52.5. The molecular weight excluding hydrogens is 383 g/mol. The average Bonchev–Trinajstić information content (AvgIpc) is 2.84. The first-order valence-electron chi connectivity index (χ1n) is 10.1. The fourth-order valence-electron chi connectivity index (χ4n) is 7.24. The van der Waals surface area contributed by atoms with E-state index in [0.717, 1.165) is 5.57 Å². The van der Waals surface area contributed by atoms with E-state index in [1.54, 1.807) is 13.0 Å². The summed E-state index contributed by atoms with van der Waals surface area (Å²) in [6.45, 7) is 5.38. The molecule has 3 saturated carbocycles. The van der Waals surface area contributed by atoms with Gasteiger partial charge >= 0.3 is 0 Å². The van der Waals surface area contributed by atoms with Crippen LogP contribution >= 0.6 is 11.6 Å². The van der Waals surface area contributed by atoms with Crippen LogP contribution in [-0.4, -0.2) is 45.0 Å². The van der Waals surface area contributed by atoms with Crippen molar-refractivity contribution in [2.24, 2.45) is 28.6 Å². The molecule has 8 atom stereocenters. The number of aliphatic hydroxyl groups is 2. The molecule has 2 N–H and O–H groups in total. The third kappa shape index (κ3) is 2.08. The topological polar surface area (TPSA) is 74.6 Å². The van der Waals surface area contributed by atoms with E-state index in [2.05, 4.69) is 0 Å². The third-order valence-electron chi connectivity index (χ3n) is 8.77. The van der Waals surface area contributed by atoms with Crippen molar-refractivity contribution in [2.75, 3.05) is 5.88 Å². The highest BCUT2D eigenvalue weighted by Crippen LogP contribution is 2.70. The van der Waals surface area contributed by atoms with Gasteiger partial charge < -0.3 is 10.2 Å². The van der Waals surface area contributed by atoms with E-state index in [1.807, 2.05) is 13.8 Å². The van der Waals surface area contributed by atoms with Crippen molar-refractivity contribution in [1.82, 2.24) is 0 Å². The highest BCUT2D eigenvalue weighted by molar-refractivity contribution is 6.29. The molecule has 4 nitrogen and oxygen atoms in total. The van der Waals surface area contributed by atoms with E-state index in [0.29, 0.717) is 19.3 Å². The van der Waals surface area contributed by atoms with Crippen LogP contribution in [0.25, 0.3) is 0 Å². The number of alkyl halides is 2. The van der Waals surface area contributed by atoms with Gasteiger partial charge in [-0.05, 0) is 56.6 Å². The standard InChI is InChI=1S/C22H28ClFO4/c1-12-8-16-15-5-4-13-9-14(25)6-7-19(13,2)21(15,24)17(26)10-20(16,3)22(12,28)18(27)11-23/h6-7,9,12,15-17,26,28H,4-5,8,10-11H2,1-3H3/t12?,15-,16-,17?,19-,20-,21-,22-/m0/s1. The lowest BCUT2D eigenvalue weighted by atomic mass is 9.44. The number of ketones is 2. The van der Waals surface area contributed by atoms with Crippen molar-refractivity contribution < 1.29 is 24.2 Å². The van der Waals surface area contributed by atoms with E-state index in [9.17, 15) is 19.8 Å². The fraction of sp³-hybridized carbons (Fsp3) is 0.727. The summed E-state index contributed by atoms with van der Waals surface area (Å²) < 4.78 is 16.9. The van der Waals surface area contributed by atoms with Gasteiger partial charge in [-0.3, -0.25) is 9.59 Å². The van der Waals surface area contributed by atoms with Gasteiger partial charge in [0.05, 0.1) is 12.0 Å². The van der Waals surface area contributed by atoms with Gasteiger partial charge in [0.2, 0.25) is 0 Å². The maximum atomic E-state index is 16.9. The zero-order valence-corrected chi connectivity index (χ0v) is 17.3. The van der Waals surface area contributed by atoms with E-state index in [4.69, 9.17) is 11.6 Å². The molecule has 0 spiro atoms. The van der Waals surface area contributed by atoms with Gasteiger partial charge in [-0.25, -0.2) is 4.39 Å². The molecule has 0 bridgehead atoms. The molecule has 0 aromatic rings. The molecular formula is C22H28ClFO4. The average molecular weight is 411 g/mol. The van der Waals surface area contributed by atoms with Gasteiger partial charge in [0.1, 0.15) is 5.60 Å². The lowest BCUT2D eigenvalue weighted by Gasteiger charge is -2.62. The molecule has 4 aliphatic carbocycles. The summed E-state index contributed by atoms with van der Waals surface area (Å²) in [6.07, 6.45) is 4.69. The molecule has 4 aliphatic rings. The van der Waals surface area contributed by atoms with Crippen molar-refractivity contribution in [3.63, 3.8) is 0 Å². The summed E-state index contributed by atoms with van der Waals surface area (Å²) in [5.74, 6) is -2.03. The number of rotatable bonds is 2. The summed E-state index contributed by atoms with van der Waals surface area (Å²) in [5.41, 5.74) is -4.90. The Morgan fingerprint density at radius 2 is 2.04 bits per heavy atom. The Kier molecular flexibility index (Phi) is 4.33. The van der Waals surface area contributed by atoms with Crippen LogP contribution in [-0.2, 0) is 9.59 Å². The summed E-state index contributed by atoms with van der Waals surface area (Å²) >= 11 is 5.81. The van der Waals surface area contributed by atoms with E-state index >= 15 is 4.39 Å². The molecule has 0 aromatic heterocycles. The zero-order chi connectivity index (χ0) is 20.7. The molecule has 0 radical (unpaired) electrons. The Hall–Kier alpha value is -1.04. The number of halogens is 2. The SMILES string of the molecule is CC1C[C@H]2[C@@H]3CCC4=CC(=O)C=C[C@]4(C)[C@@]3(F)C(O)C[C@]2(C)[C@@]1(O)C(=O)CCl. The number of allylic oxidation sites excluding steroid dienone is 4. The summed E-state index contributed by atoms with van der Waals surface area (Å²) in [6, 6.07) is 0. The van der Waals surface area contributed by atoms with Crippen LogP contribution in [0.3, 0.4) is 0 Å². The van der Waals surface area contributed by atoms with Crippen LogP contribution in [0.15, 0.2) is 23.8 Å². The Bertz CT molecular complexity index is 808. The highest BCUT2D eigenvalue weighted by atomic mass is 35.5. The zero-order valence-electron chi connectivity index (χ0n) is 16.5. The van der Waals surface area contributed by atoms with Crippen LogP contribution < -0.4 is 0 Å². The minimum atomic E-state index is -1.95. The van der Waals surface area contributed by atoms with Crippen molar-refractivity contribution in [1.29, 1.82) is 0 Å².